The van der Waals surface area contributed by atoms with E-state index in [4.69, 9.17) is 9.84 Å². The van der Waals surface area contributed by atoms with E-state index >= 15 is 0 Å². The van der Waals surface area contributed by atoms with E-state index in [1.165, 1.54) is 0 Å². The molecule has 0 saturated heterocycles. The third kappa shape index (κ3) is 4.25. The standard InChI is InChI=1S/C15H13F2NO3/c16-11-3-6-14(13(17)7-11)21-9-15(20)18-12-4-1-10(8-19)2-5-12/h1-7,19H,8-9H2,(H,18,20). The molecule has 21 heavy (non-hydrogen) atoms. The average Bonchev–Trinajstić information content (AvgIpc) is 2.47. The second-order valence-corrected chi connectivity index (χ2v) is 4.27. The van der Waals surface area contributed by atoms with Gasteiger partial charge in [0.2, 0.25) is 0 Å². The molecule has 2 N–H and O–H groups in total. The Bertz CT molecular complexity index is 629. The minimum absolute atomic E-state index is 0.0822. The average molecular weight is 293 g/mol. The van der Waals surface area contributed by atoms with Crippen LogP contribution in [0.25, 0.3) is 0 Å². The minimum atomic E-state index is -0.866. The molecule has 2 rings (SSSR count). The number of hydrogen-bond acceptors (Lipinski definition) is 3. The summed E-state index contributed by atoms with van der Waals surface area (Å²) >= 11 is 0. The Morgan fingerprint density at radius 2 is 1.86 bits per heavy atom. The molecule has 0 aliphatic carbocycles. The van der Waals surface area contributed by atoms with Crippen molar-refractivity contribution in [2.75, 3.05) is 11.9 Å². The van der Waals surface area contributed by atoms with Gasteiger partial charge in [0.15, 0.2) is 18.2 Å². The second kappa shape index (κ2) is 6.81. The zero-order chi connectivity index (χ0) is 15.2. The fraction of sp³-hybridized carbons (Fsp3) is 0.133. The van der Waals surface area contributed by atoms with E-state index in [9.17, 15) is 13.6 Å². The summed E-state index contributed by atoms with van der Waals surface area (Å²) in [6.07, 6.45) is 0. The van der Waals surface area contributed by atoms with Crippen LogP contribution in [0.3, 0.4) is 0 Å². The third-order valence-corrected chi connectivity index (χ3v) is 2.67. The molecule has 2 aromatic rings. The summed E-state index contributed by atoms with van der Waals surface area (Å²) in [5, 5.41) is 11.4. The van der Waals surface area contributed by atoms with Crippen LogP contribution in [-0.4, -0.2) is 17.6 Å². The van der Waals surface area contributed by atoms with Gasteiger partial charge in [-0.3, -0.25) is 4.79 Å². The van der Waals surface area contributed by atoms with Crippen LogP contribution < -0.4 is 10.1 Å². The monoisotopic (exact) mass is 293 g/mol. The quantitative estimate of drug-likeness (QED) is 0.890. The van der Waals surface area contributed by atoms with Crippen molar-refractivity contribution < 1.29 is 23.4 Å². The van der Waals surface area contributed by atoms with Gasteiger partial charge in [0.25, 0.3) is 5.91 Å². The summed E-state index contributed by atoms with van der Waals surface area (Å²) in [5.41, 5.74) is 1.25. The predicted molar refractivity (Wildman–Crippen MR) is 72.8 cm³/mol. The maximum absolute atomic E-state index is 13.3. The summed E-state index contributed by atoms with van der Waals surface area (Å²) in [6, 6.07) is 9.43. The number of benzene rings is 2. The number of hydrogen-bond donors (Lipinski definition) is 2. The first-order valence-electron chi connectivity index (χ1n) is 6.16. The molecule has 4 nitrogen and oxygen atoms in total. The highest BCUT2D eigenvalue weighted by atomic mass is 19.1. The Morgan fingerprint density at radius 3 is 2.48 bits per heavy atom. The Morgan fingerprint density at radius 1 is 1.14 bits per heavy atom. The van der Waals surface area contributed by atoms with Crippen molar-refractivity contribution in [1.29, 1.82) is 0 Å². The lowest BCUT2D eigenvalue weighted by atomic mass is 10.2. The molecule has 0 radical (unpaired) electrons. The molecule has 2 aromatic carbocycles. The fourth-order valence-corrected chi connectivity index (χ4v) is 1.63. The number of ether oxygens (including phenoxy) is 1. The van der Waals surface area contributed by atoms with Gasteiger partial charge < -0.3 is 15.2 Å². The summed E-state index contributed by atoms with van der Waals surface area (Å²) in [6.45, 7) is -0.481. The van der Waals surface area contributed by atoms with E-state index in [1.54, 1.807) is 24.3 Å². The van der Waals surface area contributed by atoms with Gasteiger partial charge in [0.05, 0.1) is 6.61 Å². The summed E-state index contributed by atoms with van der Waals surface area (Å²) in [7, 11) is 0. The SMILES string of the molecule is O=C(COc1ccc(F)cc1F)Nc1ccc(CO)cc1. The minimum Gasteiger partial charge on any atom is -0.481 e. The van der Waals surface area contributed by atoms with E-state index < -0.39 is 24.1 Å². The molecule has 0 aliphatic heterocycles. The molecule has 0 unspecified atom stereocenters. The van der Waals surface area contributed by atoms with Gasteiger partial charge in [0.1, 0.15) is 5.82 Å². The number of carbonyl (C=O) groups excluding carboxylic acids is 1. The number of aliphatic hydroxyl groups excluding tert-OH is 1. The predicted octanol–water partition coefficient (Wildman–Crippen LogP) is 2.47. The number of nitrogens with one attached hydrogen (secondary N) is 1. The van der Waals surface area contributed by atoms with Crippen molar-refractivity contribution in [3.8, 4) is 5.75 Å². The summed E-state index contributed by atoms with van der Waals surface area (Å²) < 4.78 is 31.0. The molecule has 0 spiro atoms. The summed E-state index contributed by atoms with van der Waals surface area (Å²) in [5.74, 6) is -2.25. The van der Waals surface area contributed by atoms with Gasteiger partial charge in [-0.05, 0) is 29.8 Å². The smallest absolute Gasteiger partial charge is 0.262 e. The molecule has 0 aliphatic rings. The van der Waals surface area contributed by atoms with Gasteiger partial charge in [0, 0.05) is 11.8 Å². The van der Waals surface area contributed by atoms with Crippen molar-refractivity contribution in [1.82, 2.24) is 0 Å². The molecule has 0 bridgehead atoms. The van der Waals surface area contributed by atoms with Gasteiger partial charge >= 0.3 is 0 Å². The van der Waals surface area contributed by atoms with E-state index in [2.05, 4.69) is 5.32 Å². The topological polar surface area (TPSA) is 58.6 Å². The van der Waals surface area contributed by atoms with Crippen LogP contribution in [-0.2, 0) is 11.4 Å². The van der Waals surface area contributed by atoms with Crippen LogP contribution in [0.4, 0.5) is 14.5 Å². The maximum atomic E-state index is 13.3. The molecule has 0 aromatic heterocycles. The van der Waals surface area contributed by atoms with Crippen molar-refractivity contribution in [3.63, 3.8) is 0 Å². The normalized spacial score (nSPS) is 10.2. The van der Waals surface area contributed by atoms with Crippen LogP contribution in [0, 0.1) is 11.6 Å². The van der Waals surface area contributed by atoms with Crippen molar-refractivity contribution in [2.24, 2.45) is 0 Å². The number of amides is 1. The molecule has 1 amide bonds. The molecule has 110 valence electrons. The second-order valence-electron chi connectivity index (χ2n) is 4.27. The highest BCUT2D eigenvalue weighted by Gasteiger charge is 2.08. The van der Waals surface area contributed by atoms with Crippen LogP contribution in [0.2, 0.25) is 0 Å². The maximum Gasteiger partial charge on any atom is 0.262 e. The van der Waals surface area contributed by atoms with Crippen LogP contribution in [0.1, 0.15) is 5.56 Å². The van der Waals surface area contributed by atoms with Crippen molar-refractivity contribution >= 4 is 11.6 Å². The number of carbonyl (C=O) groups is 1. The van der Waals surface area contributed by atoms with Crippen LogP contribution in [0.15, 0.2) is 42.5 Å². The molecule has 0 saturated carbocycles. The van der Waals surface area contributed by atoms with Crippen molar-refractivity contribution in [2.45, 2.75) is 6.61 Å². The van der Waals surface area contributed by atoms with Crippen molar-refractivity contribution in [3.05, 3.63) is 59.7 Å². The zero-order valence-electron chi connectivity index (χ0n) is 11.0. The van der Waals surface area contributed by atoms with Gasteiger partial charge in [-0.15, -0.1) is 0 Å². The first-order chi connectivity index (χ1) is 10.1. The van der Waals surface area contributed by atoms with E-state index in [0.717, 1.165) is 17.7 Å². The first kappa shape index (κ1) is 14.9. The Hall–Kier alpha value is -2.47. The largest absolute Gasteiger partial charge is 0.481 e. The van der Waals surface area contributed by atoms with Gasteiger partial charge in [-0.2, -0.15) is 0 Å². The lowest BCUT2D eigenvalue weighted by Crippen LogP contribution is -2.20. The summed E-state index contributed by atoms with van der Waals surface area (Å²) in [4.78, 5) is 11.6. The third-order valence-electron chi connectivity index (χ3n) is 2.67. The van der Waals surface area contributed by atoms with E-state index in [0.29, 0.717) is 11.8 Å². The molecule has 0 atom stereocenters. The highest BCUT2D eigenvalue weighted by Crippen LogP contribution is 2.17. The fourth-order valence-electron chi connectivity index (χ4n) is 1.63. The van der Waals surface area contributed by atoms with Crippen LogP contribution in [0.5, 0.6) is 5.75 Å². The first-order valence-corrected chi connectivity index (χ1v) is 6.16. The highest BCUT2D eigenvalue weighted by molar-refractivity contribution is 5.91. The Labute approximate surface area is 120 Å². The molecule has 6 heteroatoms. The number of anilines is 1. The van der Waals surface area contributed by atoms with Gasteiger partial charge in [-0.1, -0.05) is 12.1 Å². The zero-order valence-corrected chi connectivity index (χ0v) is 11.0. The Kier molecular flexibility index (Phi) is 4.84. The van der Waals surface area contributed by atoms with Gasteiger partial charge in [-0.25, -0.2) is 8.78 Å². The number of rotatable bonds is 5. The number of aliphatic hydroxyl groups is 1. The van der Waals surface area contributed by atoms with E-state index in [1.807, 2.05) is 0 Å². The van der Waals surface area contributed by atoms with E-state index in [-0.39, 0.29) is 12.4 Å². The molecule has 0 heterocycles. The lowest BCUT2D eigenvalue weighted by Gasteiger charge is -2.08. The number of halogens is 2. The molecular weight excluding hydrogens is 280 g/mol. The lowest BCUT2D eigenvalue weighted by molar-refractivity contribution is -0.118. The molecule has 0 fully saturated rings. The van der Waals surface area contributed by atoms with Crippen LogP contribution >= 0.6 is 0 Å². The Balaban J connectivity index is 1.89. The molecular formula is C15H13F2NO3.